The van der Waals surface area contributed by atoms with Crippen LogP contribution in [-0.4, -0.2) is 35.7 Å². The van der Waals surface area contributed by atoms with Crippen molar-refractivity contribution < 1.29 is 9.50 Å². The minimum absolute atomic E-state index is 0.0426. The lowest BCUT2D eigenvalue weighted by Gasteiger charge is -2.39. The third-order valence-corrected chi connectivity index (χ3v) is 4.96. The second-order valence-corrected chi connectivity index (χ2v) is 7.11. The number of nitrogens with zero attached hydrogens (tertiary/aromatic N) is 1. The molecular formula is C18H28FNO. The summed E-state index contributed by atoms with van der Waals surface area (Å²) in [6.07, 6.45) is 3.25. The van der Waals surface area contributed by atoms with Gasteiger partial charge in [0.25, 0.3) is 0 Å². The van der Waals surface area contributed by atoms with E-state index in [9.17, 15) is 9.50 Å². The van der Waals surface area contributed by atoms with Crippen LogP contribution < -0.4 is 0 Å². The molecule has 1 fully saturated rings. The maximum absolute atomic E-state index is 13.1. The summed E-state index contributed by atoms with van der Waals surface area (Å²) in [6.45, 7) is 9.22. The van der Waals surface area contributed by atoms with Gasteiger partial charge in [0.05, 0.1) is 0 Å². The summed E-state index contributed by atoms with van der Waals surface area (Å²) >= 11 is 0. The predicted octanol–water partition coefficient (Wildman–Crippen LogP) is 3.59. The first-order valence-corrected chi connectivity index (χ1v) is 8.03. The summed E-state index contributed by atoms with van der Waals surface area (Å²) in [6, 6.07) is 7.41. The molecule has 1 aliphatic heterocycles. The molecule has 1 saturated heterocycles. The molecule has 0 saturated carbocycles. The molecule has 1 aromatic rings. The minimum Gasteiger partial charge on any atom is -0.396 e. The van der Waals surface area contributed by atoms with Crippen molar-refractivity contribution in [3.05, 3.63) is 35.6 Å². The zero-order valence-corrected chi connectivity index (χ0v) is 13.5. The van der Waals surface area contributed by atoms with E-state index in [0.29, 0.717) is 18.6 Å². The maximum Gasteiger partial charge on any atom is 0.123 e. The highest BCUT2D eigenvalue weighted by Crippen LogP contribution is 2.31. The maximum atomic E-state index is 13.1. The molecule has 2 nitrogen and oxygen atoms in total. The van der Waals surface area contributed by atoms with Gasteiger partial charge in [-0.05, 0) is 68.3 Å². The number of rotatable bonds is 5. The van der Waals surface area contributed by atoms with E-state index in [0.717, 1.165) is 32.4 Å². The number of halogens is 1. The quantitative estimate of drug-likeness (QED) is 0.897. The normalized spacial score (nSPS) is 19.7. The first-order chi connectivity index (χ1) is 9.92. The van der Waals surface area contributed by atoms with Gasteiger partial charge in [0, 0.05) is 12.6 Å². The van der Waals surface area contributed by atoms with Crippen LogP contribution in [-0.2, 0) is 5.41 Å². The summed E-state index contributed by atoms with van der Waals surface area (Å²) in [5.41, 5.74) is 1.24. The molecule has 21 heavy (non-hydrogen) atoms. The molecule has 2 rings (SSSR count). The fraction of sp³-hybridized carbons (Fsp3) is 0.667. The largest absolute Gasteiger partial charge is 0.396 e. The molecule has 1 N–H and O–H groups in total. The van der Waals surface area contributed by atoms with Gasteiger partial charge < -0.3 is 10.0 Å². The number of hydrogen-bond acceptors (Lipinski definition) is 2. The van der Waals surface area contributed by atoms with Gasteiger partial charge in [0.15, 0.2) is 0 Å². The van der Waals surface area contributed by atoms with E-state index in [2.05, 4.69) is 25.7 Å². The van der Waals surface area contributed by atoms with Gasteiger partial charge in [-0.15, -0.1) is 0 Å². The molecule has 0 aliphatic carbocycles. The lowest BCUT2D eigenvalue weighted by Crippen LogP contribution is -2.43. The monoisotopic (exact) mass is 293 g/mol. The van der Waals surface area contributed by atoms with E-state index in [1.807, 2.05) is 12.1 Å². The second kappa shape index (κ2) is 6.89. The van der Waals surface area contributed by atoms with Crippen LogP contribution in [0.1, 0.15) is 45.6 Å². The second-order valence-electron chi connectivity index (χ2n) is 7.11. The molecular weight excluding hydrogens is 265 g/mol. The predicted molar refractivity (Wildman–Crippen MR) is 84.9 cm³/mol. The van der Waals surface area contributed by atoms with Crippen molar-refractivity contribution in [2.24, 2.45) is 5.92 Å². The molecule has 0 spiro atoms. The fourth-order valence-electron chi connectivity index (χ4n) is 3.46. The van der Waals surface area contributed by atoms with Crippen molar-refractivity contribution in [3.8, 4) is 0 Å². The van der Waals surface area contributed by atoms with Crippen LogP contribution in [0.25, 0.3) is 0 Å². The smallest absolute Gasteiger partial charge is 0.123 e. The number of piperidine rings is 1. The van der Waals surface area contributed by atoms with Gasteiger partial charge in [0.2, 0.25) is 0 Å². The van der Waals surface area contributed by atoms with Gasteiger partial charge in [0.1, 0.15) is 5.82 Å². The summed E-state index contributed by atoms with van der Waals surface area (Å²) < 4.78 is 13.1. The molecule has 1 aromatic carbocycles. The first-order valence-electron chi connectivity index (χ1n) is 8.03. The van der Waals surface area contributed by atoms with E-state index in [1.165, 1.54) is 5.56 Å². The van der Waals surface area contributed by atoms with E-state index in [1.54, 1.807) is 12.1 Å². The Morgan fingerprint density at radius 2 is 1.81 bits per heavy atom. The topological polar surface area (TPSA) is 23.5 Å². The molecule has 0 amide bonds. The van der Waals surface area contributed by atoms with Crippen molar-refractivity contribution in [2.45, 2.75) is 51.5 Å². The Morgan fingerprint density at radius 3 is 2.33 bits per heavy atom. The number of aliphatic hydroxyl groups is 1. The van der Waals surface area contributed by atoms with Gasteiger partial charge in [-0.2, -0.15) is 0 Å². The third-order valence-electron chi connectivity index (χ3n) is 4.96. The average molecular weight is 293 g/mol. The Labute approximate surface area is 128 Å². The molecule has 1 atom stereocenters. The molecule has 1 unspecified atom stereocenters. The molecule has 0 radical (unpaired) electrons. The third kappa shape index (κ3) is 4.27. The van der Waals surface area contributed by atoms with Gasteiger partial charge in [-0.1, -0.05) is 26.0 Å². The van der Waals surface area contributed by atoms with Crippen LogP contribution in [0.4, 0.5) is 4.39 Å². The van der Waals surface area contributed by atoms with Gasteiger partial charge >= 0.3 is 0 Å². The van der Waals surface area contributed by atoms with Crippen molar-refractivity contribution in [1.29, 1.82) is 0 Å². The van der Waals surface area contributed by atoms with Crippen LogP contribution in [0.2, 0.25) is 0 Å². The van der Waals surface area contributed by atoms with Crippen LogP contribution in [0.5, 0.6) is 0 Å². The van der Waals surface area contributed by atoms with Gasteiger partial charge in [-0.3, -0.25) is 0 Å². The average Bonchev–Trinajstić information content (AvgIpc) is 2.47. The van der Waals surface area contributed by atoms with E-state index >= 15 is 0 Å². The van der Waals surface area contributed by atoms with Crippen molar-refractivity contribution >= 4 is 0 Å². The molecule has 1 heterocycles. The molecule has 118 valence electrons. The Hall–Kier alpha value is -0.930. The molecule has 0 aromatic heterocycles. The highest BCUT2D eigenvalue weighted by atomic mass is 19.1. The zero-order valence-electron chi connectivity index (χ0n) is 13.5. The van der Waals surface area contributed by atoms with Crippen molar-refractivity contribution in [3.63, 3.8) is 0 Å². The Bertz CT molecular complexity index is 435. The standard InChI is InChI=1S/C18H28FNO/c1-14(20-10-8-15(13-21)9-11-20)12-18(2,3)16-4-6-17(19)7-5-16/h4-7,14-15,21H,8-13H2,1-3H3. The number of likely N-dealkylation sites (tertiary alicyclic amines) is 1. The summed E-state index contributed by atoms with van der Waals surface area (Å²) in [4.78, 5) is 2.53. The highest BCUT2D eigenvalue weighted by molar-refractivity contribution is 5.24. The Kier molecular flexibility index (Phi) is 5.39. The van der Waals surface area contributed by atoms with Crippen LogP contribution in [0.15, 0.2) is 24.3 Å². The SMILES string of the molecule is CC(CC(C)(C)c1ccc(F)cc1)N1CCC(CO)CC1. The number of hydrogen-bond donors (Lipinski definition) is 1. The van der Waals surface area contributed by atoms with Gasteiger partial charge in [-0.25, -0.2) is 4.39 Å². The number of aliphatic hydroxyl groups excluding tert-OH is 1. The van der Waals surface area contributed by atoms with Crippen LogP contribution in [0, 0.1) is 11.7 Å². The first kappa shape index (κ1) is 16.4. The van der Waals surface area contributed by atoms with Crippen LogP contribution in [0.3, 0.4) is 0 Å². The van der Waals surface area contributed by atoms with E-state index in [-0.39, 0.29) is 11.2 Å². The Balaban J connectivity index is 1.95. The van der Waals surface area contributed by atoms with E-state index < -0.39 is 0 Å². The van der Waals surface area contributed by atoms with Crippen molar-refractivity contribution in [1.82, 2.24) is 4.90 Å². The summed E-state index contributed by atoms with van der Waals surface area (Å²) in [7, 11) is 0. The molecule has 3 heteroatoms. The van der Waals surface area contributed by atoms with Crippen LogP contribution >= 0.6 is 0 Å². The summed E-state index contributed by atoms with van der Waals surface area (Å²) in [5, 5.41) is 9.22. The Morgan fingerprint density at radius 1 is 1.24 bits per heavy atom. The molecule has 1 aliphatic rings. The highest BCUT2D eigenvalue weighted by Gasteiger charge is 2.28. The zero-order chi connectivity index (χ0) is 15.5. The molecule has 0 bridgehead atoms. The fourth-order valence-corrected chi connectivity index (χ4v) is 3.46. The lowest BCUT2D eigenvalue weighted by molar-refractivity contribution is 0.0947. The number of benzene rings is 1. The summed E-state index contributed by atoms with van der Waals surface area (Å²) in [5.74, 6) is 0.312. The van der Waals surface area contributed by atoms with Crippen molar-refractivity contribution in [2.75, 3.05) is 19.7 Å². The lowest BCUT2D eigenvalue weighted by atomic mass is 9.78. The van der Waals surface area contributed by atoms with E-state index in [4.69, 9.17) is 0 Å². The minimum atomic E-state index is -0.173.